The number of hydrogen-bond acceptors (Lipinski definition) is 8. The van der Waals surface area contributed by atoms with Crippen molar-refractivity contribution in [3.63, 3.8) is 0 Å². The van der Waals surface area contributed by atoms with E-state index in [4.69, 9.17) is 5.73 Å². The molecule has 0 bridgehead atoms. The number of anilines is 1. The molecule has 0 spiro atoms. The Balaban J connectivity index is 0.000000197. The first kappa shape index (κ1) is 32.6. The second-order valence-electron chi connectivity index (χ2n) is 11.6. The van der Waals surface area contributed by atoms with Gasteiger partial charge < -0.3 is 11.1 Å². The summed E-state index contributed by atoms with van der Waals surface area (Å²) >= 11 is 0. The summed E-state index contributed by atoms with van der Waals surface area (Å²) < 4.78 is 52.6. The monoisotopic (exact) mass is 634 g/mol. The average Bonchev–Trinajstić information content (AvgIpc) is 3.52. The van der Waals surface area contributed by atoms with Gasteiger partial charge in [-0.05, 0) is 81.2 Å². The van der Waals surface area contributed by atoms with Crippen LogP contribution in [0.4, 0.5) is 15.3 Å². The summed E-state index contributed by atoms with van der Waals surface area (Å²) in [6.07, 6.45) is 8.74. The van der Waals surface area contributed by atoms with Gasteiger partial charge in [0, 0.05) is 24.8 Å². The Morgan fingerprint density at radius 1 is 0.744 bits per heavy atom. The van der Waals surface area contributed by atoms with Crippen LogP contribution in [0.25, 0.3) is 0 Å². The number of nitrogens with zero attached hydrogens (tertiary/aromatic N) is 1. The number of nitrogens with one attached hydrogen (secondary N) is 4. The number of hydrogen-bond donors (Lipinski definition) is 5. The quantitative estimate of drug-likeness (QED) is 0.299. The molecule has 2 aromatic rings. The van der Waals surface area contributed by atoms with Crippen LogP contribution in [-0.4, -0.2) is 53.0 Å². The van der Waals surface area contributed by atoms with Crippen LogP contribution in [0.1, 0.15) is 62.5 Å². The van der Waals surface area contributed by atoms with Crippen LogP contribution in [0.3, 0.4) is 0 Å². The van der Waals surface area contributed by atoms with Gasteiger partial charge in [0.2, 0.25) is 0 Å². The zero-order chi connectivity index (χ0) is 31.2. The third-order valence-electron chi connectivity index (χ3n) is 8.27. The van der Waals surface area contributed by atoms with Crippen LogP contribution in [0.15, 0.2) is 52.3 Å². The Hall–Kier alpha value is -3.36. The van der Waals surface area contributed by atoms with E-state index in [1.807, 2.05) is 16.7 Å². The highest BCUT2D eigenvalue weighted by Crippen LogP contribution is 2.36. The van der Waals surface area contributed by atoms with Crippen LogP contribution < -0.4 is 25.9 Å². The molecule has 2 unspecified atom stereocenters. The molecule has 2 saturated carbocycles. The molecule has 12 nitrogen and oxygen atoms in total. The maximum atomic E-state index is 12.1. The fourth-order valence-electron chi connectivity index (χ4n) is 5.82. The number of urea groups is 2. The molecule has 2 aromatic carbocycles. The number of amides is 4. The number of benzene rings is 2. The highest BCUT2D eigenvalue weighted by Gasteiger charge is 2.37. The van der Waals surface area contributed by atoms with Gasteiger partial charge in [-0.15, -0.1) is 0 Å². The minimum atomic E-state index is -3.89. The first-order valence-corrected chi connectivity index (χ1v) is 17.6. The summed E-state index contributed by atoms with van der Waals surface area (Å²) in [6, 6.07) is 9.47. The van der Waals surface area contributed by atoms with Gasteiger partial charge in [0.25, 0.3) is 20.0 Å². The van der Waals surface area contributed by atoms with E-state index in [2.05, 4.69) is 15.5 Å². The molecule has 43 heavy (non-hydrogen) atoms. The van der Waals surface area contributed by atoms with Gasteiger partial charge in [0.05, 0.1) is 9.79 Å². The van der Waals surface area contributed by atoms with E-state index >= 15 is 0 Å². The lowest BCUT2D eigenvalue weighted by molar-refractivity contribution is 0.195. The molecule has 3 fully saturated rings. The number of rotatable bonds is 6. The normalized spacial score (nSPS) is 20.8. The third kappa shape index (κ3) is 9.07. The van der Waals surface area contributed by atoms with E-state index in [1.165, 1.54) is 49.9 Å². The standard InChI is InChI=1S/C15H21N3O3S.C14H21N3O3S/c1-11-5-7-14(8-6-11)22(20,21)17-15(19)16-18-9-12-3-2-4-13(12)10-18;1-10-7-8-12(9-13(10)15)21(19,20)17-14(18)16-11-5-3-2-4-6-11/h5-8,12-13H,2-4,9-10H2,1H3,(H2,16,17,19);7-9,11H,2-6,15H2,1H3,(H2,16,17,18). The lowest BCUT2D eigenvalue weighted by Gasteiger charge is -2.22. The summed E-state index contributed by atoms with van der Waals surface area (Å²) in [4.78, 5) is 23.8. The number of carbonyl (C=O) groups excluding carboxylic acids is 2. The lowest BCUT2D eigenvalue weighted by atomic mass is 9.96. The van der Waals surface area contributed by atoms with E-state index < -0.39 is 32.1 Å². The number of fused-ring (bicyclic) bond motifs is 1. The summed E-state index contributed by atoms with van der Waals surface area (Å²) in [5.74, 6) is 1.27. The number of carbonyl (C=O) groups is 2. The molecule has 2 aliphatic carbocycles. The van der Waals surface area contributed by atoms with Crippen molar-refractivity contribution in [2.24, 2.45) is 11.8 Å². The zero-order valence-electron chi connectivity index (χ0n) is 24.6. The second-order valence-corrected chi connectivity index (χ2v) is 15.0. The van der Waals surface area contributed by atoms with Crippen molar-refractivity contribution in [1.82, 2.24) is 25.2 Å². The Bertz CT molecular complexity index is 1500. The molecule has 1 saturated heterocycles. The third-order valence-corrected chi connectivity index (χ3v) is 10.9. The lowest BCUT2D eigenvalue weighted by Crippen LogP contribution is -2.48. The molecule has 0 radical (unpaired) electrons. The molecular formula is C29H42N6O6S2. The molecular weight excluding hydrogens is 592 g/mol. The smallest absolute Gasteiger partial charge is 0.343 e. The van der Waals surface area contributed by atoms with Crippen molar-refractivity contribution < 1.29 is 26.4 Å². The Morgan fingerprint density at radius 2 is 1.30 bits per heavy atom. The van der Waals surface area contributed by atoms with Crippen LogP contribution in [0.2, 0.25) is 0 Å². The van der Waals surface area contributed by atoms with E-state index in [1.54, 1.807) is 25.1 Å². The molecule has 0 aromatic heterocycles. The van der Waals surface area contributed by atoms with E-state index in [9.17, 15) is 26.4 Å². The molecule has 1 heterocycles. The van der Waals surface area contributed by atoms with Gasteiger partial charge in [-0.25, -0.2) is 40.9 Å². The Morgan fingerprint density at radius 3 is 1.91 bits per heavy atom. The number of hydrazine groups is 1. The highest BCUT2D eigenvalue weighted by molar-refractivity contribution is 7.90. The summed E-state index contributed by atoms with van der Waals surface area (Å²) in [5.41, 5.74) is 10.5. The Labute approximate surface area is 254 Å². The highest BCUT2D eigenvalue weighted by atomic mass is 32.2. The van der Waals surface area contributed by atoms with Gasteiger partial charge in [-0.2, -0.15) is 0 Å². The number of sulfonamides is 2. The summed E-state index contributed by atoms with van der Waals surface area (Å²) in [5, 5.41) is 4.54. The van der Waals surface area contributed by atoms with Crippen LogP contribution in [-0.2, 0) is 20.0 Å². The van der Waals surface area contributed by atoms with Crippen molar-refractivity contribution in [3.05, 3.63) is 53.6 Å². The first-order chi connectivity index (χ1) is 20.3. The van der Waals surface area contributed by atoms with Crippen molar-refractivity contribution in [2.45, 2.75) is 81.0 Å². The zero-order valence-corrected chi connectivity index (χ0v) is 26.3. The van der Waals surface area contributed by atoms with Crippen molar-refractivity contribution in [1.29, 1.82) is 0 Å². The predicted octanol–water partition coefficient (Wildman–Crippen LogP) is 3.53. The van der Waals surface area contributed by atoms with Gasteiger partial charge >= 0.3 is 12.1 Å². The van der Waals surface area contributed by atoms with Crippen molar-refractivity contribution in [2.75, 3.05) is 18.8 Å². The second kappa shape index (κ2) is 14.0. The fraction of sp³-hybridized carbons (Fsp3) is 0.517. The van der Waals surface area contributed by atoms with E-state index in [0.717, 1.165) is 49.9 Å². The molecule has 14 heteroatoms. The molecule has 4 amide bonds. The van der Waals surface area contributed by atoms with Gasteiger partial charge in [-0.3, -0.25) is 5.43 Å². The number of nitrogen functional groups attached to an aromatic ring is 1. The van der Waals surface area contributed by atoms with Crippen LogP contribution in [0.5, 0.6) is 0 Å². The van der Waals surface area contributed by atoms with E-state index in [-0.39, 0.29) is 15.8 Å². The largest absolute Gasteiger partial charge is 0.398 e. The maximum absolute atomic E-state index is 12.1. The molecule has 3 aliphatic rings. The topological polar surface area (TPSA) is 180 Å². The predicted molar refractivity (Wildman–Crippen MR) is 164 cm³/mol. The molecule has 1 aliphatic heterocycles. The first-order valence-electron chi connectivity index (χ1n) is 14.7. The SMILES string of the molecule is Cc1ccc(S(=O)(=O)NC(=O)NC2CCCCC2)cc1N.Cc1ccc(S(=O)(=O)NC(=O)NN2CC3CCCC3C2)cc1. The van der Waals surface area contributed by atoms with Crippen LogP contribution in [0, 0.1) is 25.7 Å². The van der Waals surface area contributed by atoms with Gasteiger partial charge in [0.1, 0.15) is 0 Å². The average molecular weight is 635 g/mol. The minimum absolute atomic E-state index is 0.00982. The van der Waals surface area contributed by atoms with Crippen molar-refractivity contribution >= 4 is 37.8 Å². The molecule has 6 N–H and O–H groups in total. The van der Waals surface area contributed by atoms with Crippen LogP contribution >= 0.6 is 0 Å². The van der Waals surface area contributed by atoms with Gasteiger partial charge in [0.15, 0.2) is 0 Å². The molecule has 5 rings (SSSR count). The fourth-order valence-corrected chi connectivity index (χ4v) is 7.67. The molecule has 2 atom stereocenters. The molecule has 236 valence electrons. The maximum Gasteiger partial charge on any atom is 0.343 e. The summed E-state index contributed by atoms with van der Waals surface area (Å²) in [7, 11) is -7.72. The number of aryl methyl sites for hydroxylation is 2. The van der Waals surface area contributed by atoms with E-state index in [0.29, 0.717) is 17.5 Å². The van der Waals surface area contributed by atoms with Crippen molar-refractivity contribution in [3.8, 4) is 0 Å². The Kier molecular flexibility index (Phi) is 10.6. The minimum Gasteiger partial charge on any atom is -0.398 e. The summed E-state index contributed by atoms with van der Waals surface area (Å²) in [6.45, 7) is 5.28. The number of nitrogens with two attached hydrogens (primary N) is 1. The van der Waals surface area contributed by atoms with Gasteiger partial charge in [-0.1, -0.05) is 49.4 Å².